The lowest BCUT2D eigenvalue weighted by molar-refractivity contribution is -0.139. The largest absolute Gasteiger partial charge is 0.496 e. The Balaban J connectivity index is 2.07. The normalized spacial score (nSPS) is 15.3. The number of ether oxygens (including phenoxy) is 3. The van der Waals surface area contributed by atoms with Gasteiger partial charge < -0.3 is 14.2 Å². The van der Waals surface area contributed by atoms with E-state index in [0.29, 0.717) is 59.7 Å². The van der Waals surface area contributed by atoms with Crippen LogP contribution in [0.2, 0.25) is 10.0 Å². The SMILES string of the molecule is CCCC1=C(C(=O)OCC)[C@@H](c2cc(Cl)ccc2OC)n2c(s/c(=C/c3cc(Cl)ccc3OC)c2=O)=N1. The third-order valence-electron chi connectivity index (χ3n) is 5.86. The summed E-state index contributed by atoms with van der Waals surface area (Å²) < 4.78 is 18.4. The highest BCUT2D eigenvalue weighted by atomic mass is 35.5. The van der Waals surface area contributed by atoms with Crippen LogP contribution in [-0.4, -0.2) is 31.4 Å². The van der Waals surface area contributed by atoms with Crippen molar-refractivity contribution in [3.05, 3.63) is 88.5 Å². The van der Waals surface area contributed by atoms with E-state index in [1.807, 2.05) is 6.92 Å². The standard InChI is InChI=1S/C27H26Cl2N2O5S/c1-5-7-19-23(26(33)36-6-2)24(18-14-17(29)9-11-21(18)35-4)31-25(32)22(37-27(31)30-19)13-15-12-16(28)8-10-20(15)34-3/h8-14,24H,5-7H2,1-4H3/b22-13+/t24-/m1/s1. The topological polar surface area (TPSA) is 79.1 Å². The fourth-order valence-electron chi connectivity index (χ4n) is 4.29. The number of fused-ring (bicyclic) bond motifs is 1. The van der Waals surface area contributed by atoms with Crippen molar-refractivity contribution in [2.75, 3.05) is 20.8 Å². The molecule has 0 N–H and O–H groups in total. The average molecular weight is 561 g/mol. The van der Waals surface area contributed by atoms with Gasteiger partial charge in [-0.15, -0.1) is 0 Å². The molecule has 0 aliphatic carbocycles. The Hall–Kier alpha value is -3.07. The Morgan fingerprint density at radius 3 is 2.41 bits per heavy atom. The number of esters is 1. The number of thiazole rings is 1. The van der Waals surface area contributed by atoms with E-state index in [4.69, 9.17) is 42.4 Å². The lowest BCUT2D eigenvalue weighted by atomic mass is 9.93. The van der Waals surface area contributed by atoms with Crippen LogP contribution in [0.15, 0.2) is 57.5 Å². The third-order valence-corrected chi connectivity index (χ3v) is 7.31. The van der Waals surface area contributed by atoms with Crippen molar-refractivity contribution in [2.24, 2.45) is 4.99 Å². The highest BCUT2D eigenvalue weighted by Crippen LogP contribution is 2.38. The summed E-state index contributed by atoms with van der Waals surface area (Å²) >= 11 is 13.8. The molecule has 0 saturated heterocycles. The zero-order chi connectivity index (χ0) is 26.7. The summed E-state index contributed by atoms with van der Waals surface area (Å²) in [6.07, 6.45) is 2.99. The highest BCUT2D eigenvalue weighted by molar-refractivity contribution is 7.07. The van der Waals surface area contributed by atoms with Gasteiger partial charge in [-0.2, -0.15) is 0 Å². The molecule has 0 spiro atoms. The molecule has 194 valence electrons. The van der Waals surface area contributed by atoms with Crippen molar-refractivity contribution in [3.8, 4) is 11.5 Å². The predicted molar refractivity (Wildman–Crippen MR) is 146 cm³/mol. The average Bonchev–Trinajstić information content (AvgIpc) is 3.18. The van der Waals surface area contributed by atoms with E-state index >= 15 is 0 Å². The summed E-state index contributed by atoms with van der Waals surface area (Å²) in [5, 5.41) is 0.954. The van der Waals surface area contributed by atoms with Gasteiger partial charge in [-0.3, -0.25) is 9.36 Å². The first-order valence-electron chi connectivity index (χ1n) is 11.7. The summed E-state index contributed by atoms with van der Waals surface area (Å²) in [5.41, 5.74) is 1.75. The van der Waals surface area contributed by atoms with Gasteiger partial charge >= 0.3 is 5.97 Å². The fourth-order valence-corrected chi connectivity index (χ4v) is 5.67. The van der Waals surface area contributed by atoms with Gasteiger partial charge in [0.25, 0.3) is 5.56 Å². The van der Waals surface area contributed by atoms with E-state index in [1.165, 1.54) is 23.0 Å². The van der Waals surface area contributed by atoms with E-state index < -0.39 is 12.0 Å². The van der Waals surface area contributed by atoms with E-state index in [1.54, 1.807) is 56.5 Å². The van der Waals surface area contributed by atoms with Crippen LogP contribution in [-0.2, 0) is 9.53 Å². The van der Waals surface area contributed by atoms with Crippen molar-refractivity contribution < 1.29 is 19.0 Å². The van der Waals surface area contributed by atoms with E-state index in [2.05, 4.69) is 0 Å². The molecule has 1 aliphatic heterocycles. The first-order chi connectivity index (χ1) is 17.8. The molecule has 3 aromatic rings. The number of carbonyl (C=O) groups is 1. The third kappa shape index (κ3) is 5.32. The molecule has 1 aromatic heterocycles. The maximum absolute atomic E-state index is 13.9. The number of nitrogens with zero attached hydrogens (tertiary/aromatic N) is 2. The quantitative estimate of drug-likeness (QED) is 0.366. The molecule has 0 amide bonds. The molecular weight excluding hydrogens is 535 g/mol. The Bertz CT molecular complexity index is 1560. The van der Waals surface area contributed by atoms with Crippen LogP contribution in [0.25, 0.3) is 6.08 Å². The van der Waals surface area contributed by atoms with Crippen LogP contribution >= 0.6 is 34.5 Å². The summed E-state index contributed by atoms with van der Waals surface area (Å²) in [6, 6.07) is 9.45. The molecule has 0 radical (unpaired) electrons. The Morgan fingerprint density at radius 1 is 1.08 bits per heavy atom. The summed E-state index contributed by atoms with van der Waals surface area (Å²) in [4.78, 5) is 32.5. The Morgan fingerprint density at radius 2 is 1.76 bits per heavy atom. The molecule has 4 rings (SSSR count). The summed E-state index contributed by atoms with van der Waals surface area (Å²) in [6.45, 7) is 3.92. The molecule has 0 unspecified atom stereocenters. The van der Waals surface area contributed by atoms with Crippen LogP contribution in [0.4, 0.5) is 0 Å². The van der Waals surface area contributed by atoms with Gasteiger partial charge in [0.1, 0.15) is 17.5 Å². The number of hydrogen-bond acceptors (Lipinski definition) is 7. The van der Waals surface area contributed by atoms with Crippen molar-refractivity contribution in [2.45, 2.75) is 32.7 Å². The lowest BCUT2D eigenvalue weighted by Gasteiger charge is -2.27. The van der Waals surface area contributed by atoms with Gasteiger partial charge in [0.15, 0.2) is 4.80 Å². The zero-order valence-electron chi connectivity index (χ0n) is 20.8. The fraction of sp³-hybridized carbons (Fsp3) is 0.296. The predicted octanol–water partition coefficient (Wildman–Crippen LogP) is 4.90. The van der Waals surface area contributed by atoms with Gasteiger partial charge in [-0.1, -0.05) is 47.9 Å². The van der Waals surface area contributed by atoms with E-state index in [-0.39, 0.29) is 12.2 Å². The number of allylic oxidation sites excluding steroid dienone is 1. The van der Waals surface area contributed by atoms with Crippen LogP contribution in [0.3, 0.4) is 0 Å². The molecule has 1 aliphatic rings. The molecule has 0 saturated carbocycles. The second kappa shape index (κ2) is 11.5. The second-order valence-corrected chi connectivity index (χ2v) is 10.1. The second-order valence-electron chi connectivity index (χ2n) is 8.19. The number of halogens is 2. The molecule has 0 bridgehead atoms. The number of hydrogen-bond donors (Lipinski definition) is 0. The van der Waals surface area contributed by atoms with E-state index in [9.17, 15) is 9.59 Å². The van der Waals surface area contributed by atoms with Crippen LogP contribution in [0, 0.1) is 0 Å². The molecular formula is C27H26Cl2N2O5S. The molecule has 7 nitrogen and oxygen atoms in total. The minimum absolute atomic E-state index is 0.181. The first-order valence-corrected chi connectivity index (χ1v) is 13.3. The monoisotopic (exact) mass is 560 g/mol. The van der Waals surface area contributed by atoms with Gasteiger partial charge in [0.05, 0.1) is 36.6 Å². The van der Waals surface area contributed by atoms with Crippen LogP contribution < -0.4 is 24.4 Å². The first kappa shape index (κ1) is 27.0. The molecule has 10 heteroatoms. The smallest absolute Gasteiger partial charge is 0.338 e. The number of carbonyl (C=O) groups excluding carboxylic acids is 1. The number of rotatable bonds is 8. The molecule has 1 atom stereocenters. The minimum atomic E-state index is -0.839. The molecule has 0 fully saturated rings. The van der Waals surface area contributed by atoms with Crippen molar-refractivity contribution in [1.82, 2.24) is 4.57 Å². The molecule has 37 heavy (non-hydrogen) atoms. The van der Waals surface area contributed by atoms with Gasteiger partial charge in [0, 0.05) is 21.2 Å². The lowest BCUT2D eigenvalue weighted by Crippen LogP contribution is -2.40. The number of methoxy groups -OCH3 is 2. The zero-order valence-corrected chi connectivity index (χ0v) is 23.2. The highest BCUT2D eigenvalue weighted by Gasteiger charge is 2.36. The van der Waals surface area contributed by atoms with Crippen molar-refractivity contribution in [1.29, 1.82) is 0 Å². The van der Waals surface area contributed by atoms with Crippen LogP contribution in [0.5, 0.6) is 11.5 Å². The number of benzene rings is 2. The maximum Gasteiger partial charge on any atom is 0.338 e. The molecule has 2 heterocycles. The van der Waals surface area contributed by atoms with Gasteiger partial charge in [-0.05, 0) is 55.8 Å². The van der Waals surface area contributed by atoms with E-state index in [0.717, 1.165) is 6.42 Å². The van der Waals surface area contributed by atoms with Crippen LogP contribution in [0.1, 0.15) is 43.9 Å². The summed E-state index contributed by atoms with van der Waals surface area (Å²) in [7, 11) is 3.08. The van der Waals surface area contributed by atoms with Gasteiger partial charge in [0.2, 0.25) is 0 Å². The maximum atomic E-state index is 13.9. The molecule has 2 aromatic carbocycles. The minimum Gasteiger partial charge on any atom is -0.496 e. The van der Waals surface area contributed by atoms with Gasteiger partial charge in [-0.25, -0.2) is 9.79 Å². The van der Waals surface area contributed by atoms with Crippen molar-refractivity contribution in [3.63, 3.8) is 0 Å². The van der Waals surface area contributed by atoms with Crippen molar-refractivity contribution >= 4 is 46.6 Å². The summed E-state index contributed by atoms with van der Waals surface area (Å²) in [5.74, 6) is 0.523. The number of aromatic nitrogens is 1. The Kier molecular flexibility index (Phi) is 8.42. The Labute approximate surface area is 228 Å².